The number of amides is 1. The van der Waals surface area contributed by atoms with Gasteiger partial charge in [-0.25, -0.2) is 0 Å². The molecular formula is C14H17N5O. The number of nitrogens with one attached hydrogen (secondary N) is 1. The van der Waals surface area contributed by atoms with Crippen molar-refractivity contribution in [2.45, 2.75) is 31.3 Å². The number of aromatic nitrogens is 3. The van der Waals surface area contributed by atoms with Gasteiger partial charge in [-0.15, -0.1) is 0 Å². The van der Waals surface area contributed by atoms with Crippen LogP contribution in [0.25, 0.3) is 5.69 Å². The van der Waals surface area contributed by atoms with E-state index in [9.17, 15) is 4.79 Å². The van der Waals surface area contributed by atoms with E-state index in [1.165, 1.54) is 4.80 Å². The summed E-state index contributed by atoms with van der Waals surface area (Å²) in [5, 5.41) is 11.2. The predicted octanol–water partition coefficient (Wildman–Crippen LogP) is 0.877. The Morgan fingerprint density at radius 2 is 2.00 bits per heavy atom. The normalized spacial score (nSPS) is 21.9. The van der Waals surface area contributed by atoms with Gasteiger partial charge in [-0.1, -0.05) is 12.1 Å². The summed E-state index contributed by atoms with van der Waals surface area (Å²) in [6.45, 7) is 0. The summed E-state index contributed by atoms with van der Waals surface area (Å²) in [4.78, 5) is 13.9. The largest absolute Gasteiger partial charge is 0.348 e. The molecule has 3 N–H and O–H groups in total. The molecule has 1 amide bonds. The van der Waals surface area contributed by atoms with Crippen LogP contribution in [0.4, 0.5) is 0 Å². The first-order chi connectivity index (χ1) is 9.75. The van der Waals surface area contributed by atoms with Gasteiger partial charge in [0.15, 0.2) is 0 Å². The van der Waals surface area contributed by atoms with Crippen LogP contribution < -0.4 is 11.1 Å². The van der Waals surface area contributed by atoms with E-state index in [1.54, 1.807) is 18.5 Å². The zero-order valence-electron chi connectivity index (χ0n) is 11.1. The fourth-order valence-electron chi connectivity index (χ4n) is 2.59. The highest BCUT2D eigenvalue weighted by Gasteiger charge is 2.26. The third kappa shape index (κ3) is 2.42. The first kappa shape index (κ1) is 12.8. The third-order valence-corrected chi connectivity index (χ3v) is 3.67. The molecule has 0 radical (unpaired) electrons. The monoisotopic (exact) mass is 271 g/mol. The van der Waals surface area contributed by atoms with Gasteiger partial charge in [-0.05, 0) is 31.4 Å². The van der Waals surface area contributed by atoms with Crippen molar-refractivity contribution < 1.29 is 4.79 Å². The smallest absolute Gasteiger partial charge is 0.253 e. The van der Waals surface area contributed by atoms with E-state index < -0.39 is 0 Å². The summed E-state index contributed by atoms with van der Waals surface area (Å²) < 4.78 is 0. The second-order valence-electron chi connectivity index (χ2n) is 5.01. The van der Waals surface area contributed by atoms with Crippen molar-refractivity contribution in [2.24, 2.45) is 5.73 Å². The van der Waals surface area contributed by atoms with Crippen LogP contribution in [0.15, 0.2) is 36.7 Å². The van der Waals surface area contributed by atoms with Gasteiger partial charge in [0.05, 0.1) is 23.6 Å². The fourth-order valence-corrected chi connectivity index (χ4v) is 2.59. The SMILES string of the molecule is N[C@@H]1CCC[C@@H]1NC(=O)c1ccccc1-n1nccn1. The van der Waals surface area contributed by atoms with Crippen molar-refractivity contribution in [1.29, 1.82) is 0 Å². The minimum Gasteiger partial charge on any atom is -0.348 e. The zero-order chi connectivity index (χ0) is 13.9. The van der Waals surface area contributed by atoms with E-state index in [2.05, 4.69) is 15.5 Å². The summed E-state index contributed by atoms with van der Waals surface area (Å²) >= 11 is 0. The lowest BCUT2D eigenvalue weighted by Crippen LogP contribution is -2.44. The van der Waals surface area contributed by atoms with Gasteiger partial charge < -0.3 is 11.1 Å². The Kier molecular flexibility index (Phi) is 3.47. The van der Waals surface area contributed by atoms with Crippen molar-refractivity contribution >= 4 is 5.91 Å². The van der Waals surface area contributed by atoms with Crippen LogP contribution >= 0.6 is 0 Å². The standard InChI is InChI=1S/C14H17N5O/c15-11-5-3-6-12(11)18-14(20)10-4-1-2-7-13(10)19-16-8-9-17-19/h1-2,4,7-9,11-12H,3,5-6,15H2,(H,18,20)/t11-,12+/m1/s1. The third-order valence-electron chi connectivity index (χ3n) is 3.67. The van der Waals surface area contributed by atoms with E-state index in [0.717, 1.165) is 19.3 Å². The maximum atomic E-state index is 12.4. The molecule has 0 bridgehead atoms. The van der Waals surface area contributed by atoms with Gasteiger partial charge in [-0.2, -0.15) is 15.0 Å². The quantitative estimate of drug-likeness (QED) is 0.867. The van der Waals surface area contributed by atoms with Crippen LogP contribution in [0.3, 0.4) is 0 Å². The molecule has 104 valence electrons. The van der Waals surface area contributed by atoms with Gasteiger partial charge in [0.1, 0.15) is 0 Å². The van der Waals surface area contributed by atoms with Crippen LogP contribution in [-0.2, 0) is 0 Å². The Labute approximate surface area is 117 Å². The number of benzene rings is 1. The van der Waals surface area contributed by atoms with Gasteiger partial charge in [-0.3, -0.25) is 4.79 Å². The molecule has 0 aliphatic heterocycles. The average molecular weight is 271 g/mol. The molecule has 2 atom stereocenters. The Balaban J connectivity index is 1.85. The number of para-hydroxylation sites is 1. The molecule has 20 heavy (non-hydrogen) atoms. The number of nitrogens with two attached hydrogens (primary N) is 1. The number of carbonyl (C=O) groups excluding carboxylic acids is 1. The first-order valence-corrected chi connectivity index (χ1v) is 6.78. The molecule has 0 unspecified atom stereocenters. The molecule has 6 heteroatoms. The summed E-state index contributed by atoms with van der Waals surface area (Å²) in [6, 6.07) is 7.39. The van der Waals surface area contributed by atoms with Gasteiger partial charge in [0, 0.05) is 12.1 Å². The maximum absolute atomic E-state index is 12.4. The minimum absolute atomic E-state index is 0.0499. The lowest BCUT2D eigenvalue weighted by atomic mass is 10.1. The molecule has 1 aliphatic carbocycles. The van der Waals surface area contributed by atoms with Crippen LogP contribution in [0, 0.1) is 0 Å². The first-order valence-electron chi connectivity index (χ1n) is 6.78. The van der Waals surface area contributed by atoms with E-state index in [-0.39, 0.29) is 18.0 Å². The molecule has 6 nitrogen and oxygen atoms in total. The lowest BCUT2D eigenvalue weighted by Gasteiger charge is -2.18. The highest BCUT2D eigenvalue weighted by Crippen LogP contribution is 2.19. The zero-order valence-corrected chi connectivity index (χ0v) is 11.1. The van der Waals surface area contributed by atoms with Crippen LogP contribution in [0.2, 0.25) is 0 Å². The highest BCUT2D eigenvalue weighted by atomic mass is 16.1. The minimum atomic E-state index is -0.125. The van der Waals surface area contributed by atoms with Gasteiger partial charge >= 0.3 is 0 Å². The molecular weight excluding hydrogens is 254 g/mol. The Morgan fingerprint density at radius 3 is 2.70 bits per heavy atom. The summed E-state index contributed by atoms with van der Waals surface area (Å²) in [5.74, 6) is -0.125. The number of nitrogens with zero attached hydrogens (tertiary/aromatic N) is 3. The van der Waals surface area contributed by atoms with Gasteiger partial charge in [0.25, 0.3) is 5.91 Å². The Morgan fingerprint density at radius 1 is 1.25 bits per heavy atom. The molecule has 2 aromatic rings. The predicted molar refractivity (Wildman–Crippen MR) is 74.4 cm³/mol. The van der Waals surface area contributed by atoms with Gasteiger partial charge in [0.2, 0.25) is 0 Å². The molecule has 1 aromatic heterocycles. The maximum Gasteiger partial charge on any atom is 0.253 e. The molecule has 1 heterocycles. The summed E-state index contributed by atoms with van der Waals surface area (Å²) in [7, 11) is 0. The lowest BCUT2D eigenvalue weighted by molar-refractivity contribution is 0.0934. The molecule has 1 fully saturated rings. The van der Waals surface area contributed by atoms with E-state index >= 15 is 0 Å². The van der Waals surface area contributed by atoms with E-state index in [0.29, 0.717) is 11.3 Å². The number of hydrogen-bond acceptors (Lipinski definition) is 4. The summed E-state index contributed by atoms with van der Waals surface area (Å²) in [6.07, 6.45) is 6.14. The number of hydrogen-bond donors (Lipinski definition) is 2. The van der Waals surface area contributed by atoms with E-state index in [4.69, 9.17) is 5.73 Å². The van der Waals surface area contributed by atoms with E-state index in [1.807, 2.05) is 18.2 Å². The molecule has 1 aliphatic rings. The number of rotatable bonds is 3. The molecule has 0 saturated heterocycles. The van der Waals surface area contributed by atoms with Crippen molar-refractivity contribution in [3.63, 3.8) is 0 Å². The highest BCUT2D eigenvalue weighted by molar-refractivity contribution is 5.97. The van der Waals surface area contributed by atoms with Crippen molar-refractivity contribution in [3.05, 3.63) is 42.2 Å². The second-order valence-corrected chi connectivity index (χ2v) is 5.01. The Hall–Kier alpha value is -2.21. The summed E-state index contributed by atoms with van der Waals surface area (Å²) in [5.41, 5.74) is 7.22. The van der Waals surface area contributed by atoms with Crippen molar-refractivity contribution in [1.82, 2.24) is 20.3 Å². The second kappa shape index (κ2) is 5.42. The topological polar surface area (TPSA) is 85.8 Å². The average Bonchev–Trinajstić information content (AvgIpc) is 3.11. The molecule has 0 spiro atoms. The molecule has 3 rings (SSSR count). The van der Waals surface area contributed by atoms with Crippen molar-refractivity contribution in [2.75, 3.05) is 0 Å². The fraction of sp³-hybridized carbons (Fsp3) is 0.357. The number of carbonyl (C=O) groups is 1. The Bertz CT molecular complexity index is 595. The molecule has 1 aromatic carbocycles. The van der Waals surface area contributed by atoms with Crippen LogP contribution in [0.5, 0.6) is 0 Å². The molecule has 1 saturated carbocycles. The van der Waals surface area contributed by atoms with Crippen molar-refractivity contribution in [3.8, 4) is 5.69 Å². The van der Waals surface area contributed by atoms with Crippen LogP contribution in [-0.4, -0.2) is 33.0 Å². The van der Waals surface area contributed by atoms with Crippen LogP contribution in [0.1, 0.15) is 29.6 Å².